The van der Waals surface area contributed by atoms with E-state index in [1.165, 1.54) is 12.4 Å². The average molecular weight is 302 g/mol. The van der Waals surface area contributed by atoms with Gasteiger partial charge in [0.1, 0.15) is 4.90 Å². The lowest BCUT2D eigenvalue weighted by Crippen LogP contribution is -2.38. The molecule has 0 aromatic carbocycles. The van der Waals surface area contributed by atoms with Crippen LogP contribution < -0.4 is 10.5 Å². The Bertz CT molecular complexity index is 510. The number of hydrogen-bond donors (Lipinski definition) is 2. The summed E-state index contributed by atoms with van der Waals surface area (Å²) in [6.07, 6.45) is 8.41. The number of nitrogens with two attached hydrogens (primary N) is 1. The molecule has 8 heteroatoms. The van der Waals surface area contributed by atoms with Crippen molar-refractivity contribution in [1.29, 1.82) is 0 Å². The van der Waals surface area contributed by atoms with Crippen LogP contribution in [0.5, 0.6) is 0 Å². The highest BCUT2D eigenvalue weighted by atomic mass is 32.2. The van der Waals surface area contributed by atoms with Crippen LogP contribution in [-0.2, 0) is 10.0 Å². The first-order valence-electron chi connectivity index (χ1n) is 6.14. The minimum absolute atomic E-state index is 0.00551. The molecule has 0 unspecified atom stereocenters. The first-order valence-corrected chi connectivity index (χ1v) is 8.91. The van der Waals surface area contributed by atoms with Gasteiger partial charge in [0.15, 0.2) is 0 Å². The lowest BCUT2D eigenvalue weighted by atomic mass is 9.96. The van der Waals surface area contributed by atoms with Gasteiger partial charge in [-0.25, -0.2) is 23.1 Å². The maximum Gasteiger partial charge on any atom is 0.243 e. The van der Waals surface area contributed by atoms with Crippen molar-refractivity contribution in [1.82, 2.24) is 14.7 Å². The van der Waals surface area contributed by atoms with Crippen molar-refractivity contribution in [3.8, 4) is 0 Å². The lowest BCUT2D eigenvalue weighted by Gasteiger charge is -2.27. The summed E-state index contributed by atoms with van der Waals surface area (Å²) in [5.41, 5.74) is 5.35. The van der Waals surface area contributed by atoms with Gasteiger partial charge in [0, 0.05) is 11.3 Å². The van der Waals surface area contributed by atoms with Gasteiger partial charge in [-0.15, -0.1) is 0 Å². The van der Waals surface area contributed by atoms with E-state index in [1.807, 2.05) is 11.8 Å². The van der Waals surface area contributed by atoms with Gasteiger partial charge in [-0.1, -0.05) is 0 Å². The van der Waals surface area contributed by atoms with Gasteiger partial charge in [-0.05, 0) is 31.9 Å². The number of nitrogens with zero attached hydrogens (tertiary/aromatic N) is 2. The molecule has 1 heterocycles. The third-order valence-corrected chi connectivity index (χ3v) is 5.90. The molecule has 0 aliphatic heterocycles. The number of nitrogens with one attached hydrogen (secondary N) is 1. The van der Waals surface area contributed by atoms with Crippen molar-refractivity contribution in [2.75, 3.05) is 12.0 Å². The number of thioether (sulfide) groups is 1. The van der Waals surface area contributed by atoms with Gasteiger partial charge in [0.25, 0.3) is 0 Å². The summed E-state index contributed by atoms with van der Waals surface area (Å²) in [6, 6.07) is 0.00551. The van der Waals surface area contributed by atoms with Crippen molar-refractivity contribution in [3.05, 3.63) is 12.4 Å². The highest BCUT2D eigenvalue weighted by Crippen LogP contribution is 2.27. The minimum atomic E-state index is -3.54. The van der Waals surface area contributed by atoms with Gasteiger partial charge in [0.05, 0.1) is 12.4 Å². The fraction of sp³-hybridized carbons (Fsp3) is 0.636. The van der Waals surface area contributed by atoms with E-state index in [-0.39, 0.29) is 16.9 Å². The van der Waals surface area contributed by atoms with Crippen LogP contribution in [-0.4, -0.2) is 35.9 Å². The number of aromatic nitrogens is 2. The van der Waals surface area contributed by atoms with Crippen molar-refractivity contribution >= 4 is 27.7 Å². The van der Waals surface area contributed by atoms with Crippen LogP contribution in [0.25, 0.3) is 0 Å². The van der Waals surface area contributed by atoms with Gasteiger partial charge in [-0.3, -0.25) is 0 Å². The maximum atomic E-state index is 12.1. The summed E-state index contributed by atoms with van der Waals surface area (Å²) < 4.78 is 27.0. The zero-order chi connectivity index (χ0) is 13.9. The fourth-order valence-corrected chi connectivity index (χ4v) is 4.11. The molecule has 3 N–H and O–H groups in total. The van der Waals surface area contributed by atoms with E-state index in [1.54, 1.807) is 0 Å². The molecule has 1 aromatic rings. The summed E-state index contributed by atoms with van der Waals surface area (Å²) in [4.78, 5) is 7.48. The van der Waals surface area contributed by atoms with Crippen LogP contribution in [0, 0.1) is 0 Å². The van der Waals surface area contributed by atoms with Crippen LogP contribution >= 0.6 is 11.8 Å². The first kappa shape index (κ1) is 14.5. The molecule has 0 radical (unpaired) electrons. The monoisotopic (exact) mass is 302 g/mol. The molecule has 1 aliphatic rings. The smallest absolute Gasteiger partial charge is 0.243 e. The topological polar surface area (TPSA) is 98.0 Å². The molecule has 0 spiro atoms. The van der Waals surface area contributed by atoms with E-state index in [0.717, 1.165) is 25.7 Å². The SMILES string of the molecule is CSC1CCC(NS(=O)(=O)c2cnc(N)nc2)CC1. The molecule has 19 heavy (non-hydrogen) atoms. The van der Waals surface area contributed by atoms with Crippen molar-refractivity contribution in [2.45, 2.75) is 41.9 Å². The largest absolute Gasteiger partial charge is 0.368 e. The number of hydrogen-bond acceptors (Lipinski definition) is 6. The lowest BCUT2D eigenvalue weighted by molar-refractivity contribution is 0.420. The van der Waals surface area contributed by atoms with E-state index in [0.29, 0.717) is 5.25 Å². The van der Waals surface area contributed by atoms with Crippen molar-refractivity contribution in [2.24, 2.45) is 0 Å². The van der Waals surface area contributed by atoms with Crippen LogP contribution in [0.15, 0.2) is 17.3 Å². The van der Waals surface area contributed by atoms with Gasteiger partial charge in [-0.2, -0.15) is 11.8 Å². The third-order valence-electron chi connectivity index (χ3n) is 3.29. The quantitative estimate of drug-likeness (QED) is 0.861. The maximum absolute atomic E-state index is 12.1. The Morgan fingerprint density at radius 3 is 2.37 bits per heavy atom. The Hall–Kier alpha value is -0.860. The Morgan fingerprint density at radius 2 is 1.84 bits per heavy atom. The highest BCUT2D eigenvalue weighted by molar-refractivity contribution is 7.99. The number of sulfonamides is 1. The summed E-state index contributed by atoms with van der Waals surface area (Å²) in [7, 11) is -3.54. The summed E-state index contributed by atoms with van der Waals surface area (Å²) in [5.74, 6) is 0.0689. The zero-order valence-corrected chi connectivity index (χ0v) is 12.4. The summed E-state index contributed by atoms with van der Waals surface area (Å²) >= 11 is 1.85. The molecule has 1 fully saturated rings. The first-order chi connectivity index (χ1) is 9.01. The second-order valence-corrected chi connectivity index (χ2v) is 7.46. The van der Waals surface area contributed by atoms with Gasteiger partial charge < -0.3 is 5.73 Å². The molecule has 0 atom stereocenters. The van der Waals surface area contributed by atoms with Crippen LogP contribution in [0.1, 0.15) is 25.7 Å². The fourth-order valence-electron chi connectivity index (χ4n) is 2.17. The molecular formula is C11H18N4O2S2. The zero-order valence-electron chi connectivity index (χ0n) is 10.7. The molecule has 0 amide bonds. The Labute approximate surface area is 117 Å². The second-order valence-electron chi connectivity index (χ2n) is 4.61. The molecular weight excluding hydrogens is 284 g/mol. The van der Waals surface area contributed by atoms with E-state index < -0.39 is 10.0 Å². The van der Waals surface area contributed by atoms with E-state index >= 15 is 0 Å². The predicted molar refractivity (Wildman–Crippen MR) is 76.3 cm³/mol. The molecule has 2 rings (SSSR count). The number of anilines is 1. The third kappa shape index (κ3) is 3.80. The van der Waals surface area contributed by atoms with E-state index in [4.69, 9.17) is 5.73 Å². The molecule has 6 nitrogen and oxygen atoms in total. The van der Waals surface area contributed by atoms with Crippen molar-refractivity contribution in [3.63, 3.8) is 0 Å². The molecule has 1 aromatic heterocycles. The number of rotatable bonds is 4. The predicted octanol–water partition coefficient (Wildman–Crippen LogP) is 1.01. The minimum Gasteiger partial charge on any atom is -0.368 e. The van der Waals surface area contributed by atoms with E-state index in [2.05, 4.69) is 20.9 Å². The van der Waals surface area contributed by atoms with Crippen LogP contribution in [0.2, 0.25) is 0 Å². The standard InChI is InChI=1S/C11H18N4O2S2/c1-18-9-4-2-8(3-5-9)15-19(16,17)10-6-13-11(12)14-7-10/h6-9,15H,2-5H2,1H3,(H2,12,13,14). The van der Waals surface area contributed by atoms with Gasteiger partial charge >= 0.3 is 0 Å². The highest BCUT2D eigenvalue weighted by Gasteiger charge is 2.25. The normalized spacial score (nSPS) is 24.3. The average Bonchev–Trinajstić information content (AvgIpc) is 2.40. The van der Waals surface area contributed by atoms with Crippen LogP contribution in [0.4, 0.5) is 5.95 Å². The van der Waals surface area contributed by atoms with Crippen molar-refractivity contribution < 1.29 is 8.42 Å². The molecule has 0 bridgehead atoms. The molecule has 0 saturated heterocycles. The molecule has 1 saturated carbocycles. The number of nitrogen functional groups attached to an aromatic ring is 1. The Balaban J connectivity index is 2.00. The molecule has 106 valence electrons. The summed E-state index contributed by atoms with van der Waals surface area (Å²) in [5, 5.41) is 0.653. The Morgan fingerprint density at radius 1 is 1.26 bits per heavy atom. The Kier molecular flexibility index (Phi) is 4.64. The second kappa shape index (κ2) is 6.06. The molecule has 1 aliphatic carbocycles. The van der Waals surface area contributed by atoms with Crippen LogP contribution in [0.3, 0.4) is 0 Å². The van der Waals surface area contributed by atoms with Gasteiger partial charge in [0.2, 0.25) is 16.0 Å². The summed E-state index contributed by atoms with van der Waals surface area (Å²) in [6.45, 7) is 0. The van der Waals surface area contributed by atoms with E-state index in [9.17, 15) is 8.42 Å².